The summed E-state index contributed by atoms with van der Waals surface area (Å²) >= 11 is 6.02. The maximum Gasteiger partial charge on any atom is 0.185 e. The first kappa shape index (κ1) is 21.5. The number of carbonyl (C=O) groups excluding carboxylic acids is 1. The van der Waals surface area contributed by atoms with Crippen LogP contribution >= 0.6 is 11.6 Å². The van der Waals surface area contributed by atoms with Crippen molar-refractivity contribution in [3.63, 3.8) is 0 Å². The standard InChI is InChI=1S/C27H22ClNO3/c1-31-27-14-8-20(17-22(27)19-32-25-6-4-5-23(28)18-25)7-13-26(30)21-9-11-24(12-10-21)29-15-2-3-16-29/h2-18H,19H2,1H3/b13-7+. The highest BCUT2D eigenvalue weighted by molar-refractivity contribution is 6.30. The lowest BCUT2D eigenvalue weighted by atomic mass is 10.1. The Morgan fingerprint density at radius 3 is 2.47 bits per heavy atom. The molecule has 4 nitrogen and oxygen atoms in total. The summed E-state index contributed by atoms with van der Waals surface area (Å²) in [6.07, 6.45) is 7.31. The van der Waals surface area contributed by atoms with Crippen LogP contribution in [0, 0.1) is 0 Å². The van der Waals surface area contributed by atoms with Crippen molar-refractivity contribution in [1.82, 2.24) is 4.57 Å². The Morgan fingerprint density at radius 2 is 1.75 bits per heavy atom. The van der Waals surface area contributed by atoms with E-state index in [2.05, 4.69) is 0 Å². The molecule has 0 spiro atoms. The molecule has 32 heavy (non-hydrogen) atoms. The second-order valence-electron chi connectivity index (χ2n) is 7.15. The number of methoxy groups -OCH3 is 1. The zero-order valence-corrected chi connectivity index (χ0v) is 18.3. The smallest absolute Gasteiger partial charge is 0.185 e. The van der Waals surface area contributed by atoms with Crippen LogP contribution in [0.25, 0.3) is 11.8 Å². The van der Waals surface area contributed by atoms with Gasteiger partial charge in [0.15, 0.2) is 5.78 Å². The van der Waals surface area contributed by atoms with E-state index in [-0.39, 0.29) is 5.78 Å². The highest BCUT2D eigenvalue weighted by Crippen LogP contribution is 2.24. The molecule has 0 radical (unpaired) electrons. The summed E-state index contributed by atoms with van der Waals surface area (Å²) in [7, 11) is 1.62. The van der Waals surface area contributed by atoms with Crippen molar-refractivity contribution in [2.75, 3.05) is 7.11 Å². The molecule has 1 aromatic heterocycles. The van der Waals surface area contributed by atoms with E-state index >= 15 is 0 Å². The molecule has 0 bridgehead atoms. The summed E-state index contributed by atoms with van der Waals surface area (Å²) in [6, 6.07) is 24.4. The van der Waals surface area contributed by atoms with Gasteiger partial charge in [-0.15, -0.1) is 0 Å². The van der Waals surface area contributed by atoms with Crippen LogP contribution in [0.2, 0.25) is 5.02 Å². The van der Waals surface area contributed by atoms with E-state index in [0.717, 1.165) is 22.6 Å². The minimum atomic E-state index is -0.0587. The van der Waals surface area contributed by atoms with Crippen LogP contribution in [0.4, 0.5) is 0 Å². The highest BCUT2D eigenvalue weighted by atomic mass is 35.5. The van der Waals surface area contributed by atoms with E-state index in [1.807, 2.05) is 83.7 Å². The molecule has 0 fully saturated rings. The van der Waals surface area contributed by atoms with Gasteiger partial charge in [-0.3, -0.25) is 4.79 Å². The van der Waals surface area contributed by atoms with Gasteiger partial charge in [0.05, 0.1) is 7.11 Å². The molecule has 4 aromatic rings. The fourth-order valence-corrected chi connectivity index (χ4v) is 3.49. The maximum absolute atomic E-state index is 12.6. The van der Waals surface area contributed by atoms with Crippen molar-refractivity contribution >= 4 is 23.5 Å². The maximum atomic E-state index is 12.6. The van der Waals surface area contributed by atoms with Gasteiger partial charge in [-0.2, -0.15) is 0 Å². The number of rotatable bonds is 8. The van der Waals surface area contributed by atoms with Crippen LogP contribution in [-0.2, 0) is 6.61 Å². The third kappa shape index (κ3) is 5.29. The summed E-state index contributed by atoms with van der Waals surface area (Å²) in [6.45, 7) is 0.319. The lowest BCUT2D eigenvalue weighted by Crippen LogP contribution is -1.99. The van der Waals surface area contributed by atoms with Crippen LogP contribution in [0.15, 0.2) is 97.3 Å². The molecule has 0 atom stereocenters. The van der Waals surface area contributed by atoms with Gasteiger partial charge in [-0.1, -0.05) is 29.8 Å². The van der Waals surface area contributed by atoms with E-state index in [4.69, 9.17) is 21.1 Å². The van der Waals surface area contributed by atoms with Gasteiger partial charge in [0.2, 0.25) is 0 Å². The SMILES string of the molecule is COc1ccc(/C=C/C(=O)c2ccc(-n3cccc3)cc2)cc1COc1cccc(Cl)c1. The molecule has 0 aliphatic carbocycles. The van der Waals surface area contributed by atoms with Crippen LogP contribution in [-0.4, -0.2) is 17.5 Å². The zero-order chi connectivity index (χ0) is 22.3. The first-order valence-corrected chi connectivity index (χ1v) is 10.5. The van der Waals surface area contributed by atoms with Gasteiger partial charge < -0.3 is 14.0 Å². The summed E-state index contributed by atoms with van der Waals surface area (Å²) < 4.78 is 13.3. The van der Waals surface area contributed by atoms with Crippen molar-refractivity contribution in [3.8, 4) is 17.2 Å². The molecule has 0 amide bonds. The number of benzene rings is 3. The lowest BCUT2D eigenvalue weighted by molar-refractivity contribution is 0.104. The molecule has 0 unspecified atom stereocenters. The number of hydrogen-bond donors (Lipinski definition) is 0. The van der Waals surface area contributed by atoms with Crippen molar-refractivity contribution in [3.05, 3.63) is 119 Å². The number of aromatic nitrogens is 1. The molecule has 4 rings (SSSR count). The number of ketones is 1. The highest BCUT2D eigenvalue weighted by Gasteiger charge is 2.07. The average molecular weight is 444 g/mol. The molecule has 0 aliphatic heterocycles. The van der Waals surface area contributed by atoms with Crippen LogP contribution in [0.3, 0.4) is 0 Å². The fraction of sp³-hybridized carbons (Fsp3) is 0.0741. The quantitative estimate of drug-likeness (QED) is 0.227. The molecule has 0 saturated heterocycles. The third-order valence-electron chi connectivity index (χ3n) is 4.98. The predicted octanol–water partition coefficient (Wildman–Crippen LogP) is 6.61. The van der Waals surface area contributed by atoms with Gasteiger partial charge in [0.1, 0.15) is 18.1 Å². The van der Waals surface area contributed by atoms with Gasteiger partial charge in [-0.25, -0.2) is 0 Å². The van der Waals surface area contributed by atoms with Crippen molar-refractivity contribution in [2.24, 2.45) is 0 Å². The largest absolute Gasteiger partial charge is 0.496 e. The monoisotopic (exact) mass is 443 g/mol. The normalized spacial score (nSPS) is 10.9. The Kier molecular flexibility index (Phi) is 6.73. The predicted molar refractivity (Wildman–Crippen MR) is 128 cm³/mol. The molecule has 3 aromatic carbocycles. The summed E-state index contributed by atoms with van der Waals surface area (Å²) in [5, 5.41) is 0.617. The molecule has 160 valence electrons. The van der Waals surface area contributed by atoms with E-state index in [1.165, 1.54) is 0 Å². The zero-order valence-electron chi connectivity index (χ0n) is 17.6. The molecule has 0 aliphatic rings. The van der Waals surface area contributed by atoms with Gasteiger partial charge >= 0.3 is 0 Å². The first-order chi connectivity index (χ1) is 15.6. The van der Waals surface area contributed by atoms with Crippen LogP contribution < -0.4 is 9.47 Å². The molecule has 0 N–H and O–H groups in total. The number of allylic oxidation sites excluding steroid dienone is 1. The average Bonchev–Trinajstić information content (AvgIpc) is 3.36. The van der Waals surface area contributed by atoms with Gasteiger partial charge in [-0.05, 0) is 78.4 Å². The Morgan fingerprint density at radius 1 is 0.969 bits per heavy atom. The molecule has 5 heteroatoms. The second kappa shape index (κ2) is 10.0. The number of ether oxygens (including phenoxy) is 2. The molecule has 1 heterocycles. The second-order valence-corrected chi connectivity index (χ2v) is 7.59. The Labute approximate surface area is 192 Å². The van der Waals surface area contributed by atoms with Crippen molar-refractivity contribution in [1.29, 1.82) is 0 Å². The fourth-order valence-electron chi connectivity index (χ4n) is 3.31. The third-order valence-corrected chi connectivity index (χ3v) is 5.21. The van der Waals surface area contributed by atoms with E-state index < -0.39 is 0 Å². The number of nitrogens with zero attached hydrogens (tertiary/aromatic N) is 1. The Balaban J connectivity index is 1.46. The topological polar surface area (TPSA) is 40.5 Å². The number of halogens is 1. The lowest BCUT2D eigenvalue weighted by Gasteiger charge is -2.11. The van der Waals surface area contributed by atoms with Gasteiger partial charge in [0.25, 0.3) is 0 Å². The minimum absolute atomic E-state index is 0.0587. The number of hydrogen-bond acceptors (Lipinski definition) is 3. The van der Waals surface area contributed by atoms with Crippen molar-refractivity contribution in [2.45, 2.75) is 6.61 Å². The van der Waals surface area contributed by atoms with E-state index in [0.29, 0.717) is 22.9 Å². The minimum Gasteiger partial charge on any atom is -0.496 e. The van der Waals surface area contributed by atoms with E-state index in [9.17, 15) is 4.79 Å². The van der Waals surface area contributed by atoms with Gasteiger partial charge in [0, 0.05) is 34.2 Å². The molecular weight excluding hydrogens is 422 g/mol. The Hall–Kier alpha value is -3.76. The first-order valence-electron chi connectivity index (χ1n) is 10.1. The number of carbonyl (C=O) groups is 1. The molecular formula is C27H22ClNO3. The van der Waals surface area contributed by atoms with Crippen LogP contribution in [0.5, 0.6) is 11.5 Å². The van der Waals surface area contributed by atoms with Crippen LogP contribution in [0.1, 0.15) is 21.5 Å². The summed E-state index contributed by atoms with van der Waals surface area (Å²) in [5.41, 5.74) is 3.40. The van der Waals surface area contributed by atoms with Crippen molar-refractivity contribution < 1.29 is 14.3 Å². The molecule has 0 saturated carbocycles. The summed E-state index contributed by atoms with van der Waals surface area (Å²) in [5.74, 6) is 1.34. The Bertz CT molecular complexity index is 1230. The summed E-state index contributed by atoms with van der Waals surface area (Å²) in [4.78, 5) is 12.6. The van der Waals surface area contributed by atoms with E-state index in [1.54, 1.807) is 31.4 Å².